The van der Waals surface area contributed by atoms with Gasteiger partial charge in [0.25, 0.3) is 15.9 Å². The van der Waals surface area contributed by atoms with Crippen LogP contribution in [0.4, 0.5) is 10.1 Å². The first kappa shape index (κ1) is 23.4. The lowest BCUT2D eigenvalue weighted by atomic mass is 10.2. The van der Waals surface area contributed by atoms with Crippen LogP contribution in [0.25, 0.3) is 0 Å². The molecular formula is C22H20ClFN2O5S. The summed E-state index contributed by atoms with van der Waals surface area (Å²) in [5, 5.41) is 2.73. The highest BCUT2D eigenvalue weighted by Gasteiger charge is 2.17. The van der Waals surface area contributed by atoms with Crippen LogP contribution in [0.15, 0.2) is 71.6 Å². The molecule has 10 heteroatoms. The van der Waals surface area contributed by atoms with Crippen LogP contribution in [0, 0.1) is 5.82 Å². The first-order chi connectivity index (χ1) is 15.3. The molecule has 0 spiro atoms. The van der Waals surface area contributed by atoms with Crippen LogP contribution >= 0.6 is 11.6 Å². The number of sulfonamides is 1. The molecule has 0 aromatic heterocycles. The van der Waals surface area contributed by atoms with Gasteiger partial charge in [0, 0.05) is 17.8 Å². The highest BCUT2D eigenvalue weighted by atomic mass is 35.5. The standard InChI is InChI=1S/C22H20ClFN2O5S/c1-30-20-5-3-2-4-15(20)13-25-22(27)14-31-21-11-10-18(12-19(21)23)32(28,29)26-17-8-6-16(24)7-9-17/h2-12,26H,13-14H2,1H3,(H,25,27). The van der Waals surface area contributed by atoms with Crippen molar-refractivity contribution in [2.45, 2.75) is 11.4 Å². The van der Waals surface area contributed by atoms with Gasteiger partial charge in [0.05, 0.1) is 17.0 Å². The van der Waals surface area contributed by atoms with Gasteiger partial charge >= 0.3 is 0 Å². The maximum Gasteiger partial charge on any atom is 0.261 e. The van der Waals surface area contributed by atoms with Crippen LogP contribution in [0.1, 0.15) is 5.56 Å². The first-order valence-electron chi connectivity index (χ1n) is 9.38. The number of halogens is 2. The van der Waals surface area contributed by atoms with Crippen molar-refractivity contribution in [2.24, 2.45) is 0 Å². The van der Waals surface area contributed by atoms with Crippen molar-refractivity contribution >= 4 is 33.2 Å². The Balaban J connectivity index is 1.58. The lowest BCUT2D eigenvalue weighted by Crippen LogP contribution is -2.28. The fraction of sp³-hybridized carbons (Fsp3) is 0.136. The Hall–Kier alpha value is -3.30. The van der Waals surface area contributed by atoms with E-state index in [-0.39, 0.29) is 40.4 Å². The fourth-order valence-electron chi connectivity index (χ4n) is 2.73. The van der Waals surface area contributed by atoms with Gasteiger partial charge in [-0.1, -0.05) is 29.8 Å². The smallest absolute Gasteiger partial charge is 0.261 e. The Morgan fingerprint density at radius 3 is 2.44 bits per heavy atom. The van der Waals surface area contributed by atoms with Gasteiger partial charge in [-0.2, -0.15) is 0 Å². The fourth-order valence-corrected chi connectivity index (χ4v) is 4.12. The zero-order chi connectivity index (χ0) is 23.1. The van der Waals surface area contributed by atoms with E-state index in [4.69, 9.17) is 21.1 Å². The molecule has 168 valence electrons. The first-order valence-corrected chi connectivity index (χ1v) is 11.2. The second-order valence-corrected chi connectivity index (χ2v) is 8.67. The van der Waals surface area contributed by atoms with Crippen molar-refractivity contribution in [1.82, 2.24) is 5.32 Å². The molecule has 32 heavy (non-hydrogen) atoms. The summed E-state index contributed by atoms with van der Waals surface area (Å²) in [6.45, 7) is -0.0546. The molecule has 7 nitrogen and oxygen atoms in total. The van der Waals surface area contributed by atoms with E-state index >= 15 is 0 Å². The average Bonchev–Trinajstić information content (AvgIpc) is 2.78. The molecule has 3 aromatic carbocycles. The van der Waals surface area contributed by atoms with Crippen molar-refractivity contribution < 1.29 is 27.1 Å². The summed E-state index contributed by atoms with van der Waals surface area (Å²) in [4.78, 5) is 12.0. The number of rotatable bonds is 9. The minimum Gasteiger partial charge on any atom is -0.496 e. The van der Waals surface area contributed by atoms with E-state index in [1.165, 1.54) is 30.3 Å². The molecule has 0 fully saturated rings. The second-order valence-electron chi connectivity index (χ2n) is 6.58. The number of carbonyl (C=O) groups is 1. The molecule has 3 aromatic rings. The summed E-state index contributed by atoms with van der Waals surface area (Å²) in [5.74, 6) is -0.0614. The molecule has 0 aliphatic carbocycles. The highest BCUT2D eigenvalue weighted by molar-refractivity contribution is 7.92. The third-order valence-corrected chi connectivity index (χ3v) is 6.01. The number of nitrogens with one attached hydrogen (secondary N) is 2. The Bertz CT molecular complexity index is 1200. The minimum absolute atomic E-state index is 0.0181. The predicted octanol–water partition coefficient (Wildman–Crippen LogP) is 3.98. The molecule has 0 aliphatic rings. The lowest BCUT2D eigenvalue weighted by molar-refractivity contribution is -0.123. The summed E-state index contributed by atoms with van der Waals surface area (Å²) in [7, 11) is -2.40. The number of para-hydroxylation sites is 1. The number of amides is 1. The number of methoxy groups -OCH3 is 1. The van der Waals surface area contributed by atoms with Gasteiger partial charge < -0.3 is 14.8 Å². The van der Waals surface area contributed by atoms with E-state index in [0.29, 0.717) is 5.75 Å². The van der Waals surface area contributed by atoms with E-state index in [1.807, 2.05) is 18.2 Å². The van der Waals surface area contributed by atoms with Gasteiger partial charge in [-0.15, -0.1) is 0 Å². The molecule has 0 saturated carbocycles. The summed E-state index contributed by atoms with van der Waals surface area (Å²) in [5.41, 5.74) is 1.01. The Morgan fingerprint density at radius 1 is 1.03 bits per heavy atom. The Morgan fingerprint density at radius 2 is 1.75 bits per heavy atom. The average molecular weight is 479 g/mol. The zero-order valence-corrected chi connectivity index (χ0v) is 18.5. The quantitative estimate of drug-likeness (QED) is 0.485. The summed E-state index contributed by atoms with van der Waals surface area (Å²) < 4.78 is 51.0. The third-order valence-electron chi connectivity index (χ3n) is 4.34. The van der Waals surface area contributed by atoms with Crippen molar-refractivity contribution in [2.75, 3.05) is 18.4 Å². The summed E-state index contributed by atoms with van der Waals surface area (Å²) in [6.07, 6.45) is 0. The Kier molecular flexibility index (Phi) is 7.55. The van der Waals surface area contributed by atoms with Gasteiger partial charge in [-0.25, -0.2) is 12.8 Å². The maximum absolute atomic E-state index is 13.0. The molecular weight excluding hydrogens is 459 g/mol. The molecule has 0 bridgehead atoms. The second kappa shape index (κ2) is 10.3. The molecule has 2 N–H and O–H groups in total. The maximum atomic E-state index is 13.0. The summed E-state index contributed by atoms with van der Waals surface area (Å²) >= 11 is 6.14. The number of hydrogen-bond donors (Lipinski definition) is 2. The monoisotopic (exact) mass is 478 g/mol. The number of anilines is 1. The third kappa shape index (κ3) is 6.12. The van der Waals surface area contributed by atoms with E-state index in [0.717, 1.165) is 17.7 Å². The number of ether oxygens (including phenoxy) is 2. The highest BCUT2D eigenvalue weighted by Crippen LogP contribution is 2.28. The van der Waals surface area contributed by atoms with Gasteiger partial charge in [0.15, 0.2) is 6.61 Å². The normalized spacial score (nSPS) is 11.0. The van der Waals surface area contributed by atoms with Crippen LogP contribution in [-0.4, -0.2) is 28.0 Å². The van der Waals surface area contributed by atoms with Crippen molar-refractivity contribution in [3.63, 3.8) is 0 Å². The topological polar surface area (TPSA) is 93.7 Å². The van der Waals surface area contributed by atoms with E-state index < -0.39 is 15.8 Å². The molecule has 0 saturated heterocycles. The SMILES string of the molecule is COc1ccccc1CNC(=O)COc1ccc(S(=O)(=O)Nc2ccc(F)cc2)cc1Cl. The molecule has 0 atom stereocenters. The largest absolute Gasteiger partial charge is 0.496 e. The minimum atomic E-state index is -3.95. The van der Waals surface area contributed by atoms with Crippen LogP contribution in [0.5, 0.6) is 11.5 Å². The van der Waals surface area contributed by atoms with E-state index in [2.05, 4.69) is 10.0 Å². The molecule has 0 aliphatic heterocycles. The van der Waals surface area contributed by atoms with Crippen molar-refractivity contribution in [3.8, 4) is 11.5 Å². The lowest BCUT2D eigenvalue weighted by Gasteiger charge is -2.12. The number of benzene rings is 3. The molecule has 3 rings (SSSR count). The summed E-state index contributed by atoms with van der Waals surface area (Å²) in [6, 6.07) is 16.0. The molecule has 1 amide bonds. The molecule has 0 unspecified atom stereocenters. The van der Waals surface area contributed by atoms with Crippen LogP contribution in [0.2, 0.25) is 5.02 Å². The van der Waals surface area contributed by atoms with Crippen molar-refractivity contribution in [1.29, 1.82) is 0 Å². The van der Waals surface area contributed by atoms with E-state index in [9.17, 15) is 17.6 Å². The van der Waals surface area contributed by atoms with Crippen LogP contribution in [0.3, 0.4) is 0 Å². The van der Waals surface area contributed by atoms with Gasteiger partial charge in [-0.3, -0.25) is 9.52 Å². The number of hydrogen-bond acceptors (Lipinski definition) is 5. The van der Waals surface area contributed by atoms with E-state index in [1.54, 1.807) is 13.2 Å². The van der Waals surface area contributed by atoms with Crippen LogP contribution in [-0.2, 0) is 21.4 Å². The Labute approximate surface area is 190 Å². The number of carbonyl (C=O) groups excluding carboxylic acids is 1. The van der Waals surface area contributed by atoms with Gasteiger partial charge in [0.2, 0.25) is 0 Å². The van der Waals surface area contributed by atoms with Gasteiger partial charge in [0.1, 0.15) is 17.3 Å². The zero-order valence-electron chi connectivity index (χ0n) is 17.0. The predicted molar refractivity (Wildman–Crippen MR) is 119 cm³/mol. The van der Waals surface area contributed by atoms with Crippen molar-refractivity contribution in [3.05, 3.63) is 83.1 Å². The molecule has 0 radical (unpaired) electrons. The van der Waals surface area contributed by atoms with Crippen LogP contribution < -0.4 is 19.5 Å². The molecule has 0 heterocycles. The van der Waals surface area contributed by atoms with Gasteiger partial charge in [-0.05, 0) is 48.5 Å².